The first-order chi connectivity index (χ1) is 13.0. The molecule has 152 valence electrons. The SMILES string of the molecule is CC(NC(=O)OC(C)(C)C)c1nc(C(=O)NC(C)c2nc(C(=O)O)co2)co1. The summed E-state index contributed by atoms with van der Waals surface area (Å²) < 4.78 is 15.4. The minimum atomic E-state index is -1.24. The van der Waals surface area contributed by atoms with Gasteiger partial charge >= 0.3 is 12.1 Å². The highest BCUT2D eigenvalue weighted by Gasteiger charge is 2.23. The van der Waals surface area contributed by atoms with E-state index in [4.69, 9.17) is 18.7 Å². The third-order valence-corrected chi connectivity index (χ3v) is 3.32. The standard InChI is InChI=1S/C17H22N4O7/c1-8(13-21-11(7-27-13)15(23)24)18-12(22)10-6-26-14(20-10)9(2)19-16(25)28-17(3,4)5/h6-9H,1-5H3,(H,18,22)(H,19,25)(H,23,24). The number of hydrogen-bond donors (Lipinski definition) is 3. The van der Waals surface area contributed by atoms with E-state index < -0.39 is 35.7 Å². The van der Waals surface area contributed by atoms with E-state index in [-0.39, 0.29) is 23.2 Å². The van der Waals surface area contributed by atoms with Crippen LogP contribution < -0.4 is 10.6 Å². The number of amides is 2. The number of aromatic nitrogens is 2. The van der Waals surface area contributed by atoms with Crippen molar-refractivity contribution in [1.82, 2.24) is 20.6 Å². The van der Waals surface area contributed by atoms with E-state index in [1.54, 1.807) is 34.6 Å². The van der Waals surface area contributed by atoms with E-state index in [2.05, 4.69) is 20.6 Å². The van der Waals surface area contributed by atoms with Crippen LogP contribution in [0.4, 0.5) is 4.79 Å². The molecule has 2 heterocycles. The van der Waals surface area contributed by atoms with Crippen molar-refractivity contribution < 1.29 is 33.1 Å². The number of carboxylic acids is 1. The number of carbonyl (C=O) groups is 3. The number of alkyl carbamates (subject to hydrolysis) is 1. The van der Waals surface area contributed by atoms with Crippen molar-refractivity contribution in [3.8, 4) is 0 Å². The van der Waals surface area contributed by atoms with Gasteiger partial charge in [0.25, 0.3) is 5.91 Å². The first-order valence-electron chi connectivity index (χ1n) is 8.41. The fraction of sp³-hybridized carbons (Fsp3) is 0.471. The third-order valence-electron chi connectivity index (χ3n) is 3.32. The van der Waals surface area contributed by atoms with Crippen LogP contribution in [0.3, 0.4) is 0 Å². The van der Waals surface area contributed by atoms with E-state index in [0.717, 1.165) is 12.5 Å². The highest BCUT2D eigenvalue weighted by molar-refractivity contribution is 5.92. The van der Waals surface area contributed by atoms with Gasteiger partial charge in [0, 0.05) is 0 Å². The monoisotopic (exact) mass is 394 g/mol. The Balaban J connectivity index is 1.97. The lowest BCUT2D eigenvalue weighted by atomic mass is 10.2. The zero-order chi connectivity index (χ0) is 21.1. The van der Waals surface area contributed by atoms with Crippen molar-refractivity contribution in [3.05, 3.63) is 35.7 Å². The number of nitrogens with zero attached hydrogens (tertiary/aromatic N) is 2. The van der Waals surface area contributed by atoms with Gasteiger partial charge in [-0.3, -0.25) is 4.79 Å². The molecule has 0 bridgehead atoms. The largest absolute Gasteiger partial charge is 0.476 e. The lowest BCUT2D eigenvalue weighted by molar-refractivity contribution is 0.0500. The Bertz CT molecular complexity index is 865. The summed E-state index contributed by atoms with van der Waals surface area (Å²) in [6.45, 7) is 8.40. The first-order valence-corrected chi connectivity index (χ1v) is 8.41. The molecular formula is C17H22N4O7. The van der Waals surface area contributed by atoms with Gasteiger partial charge < -0.3 is 29.3 Å². The van der Waals surface area contributed by atoms with Gasteiger partial charge in [0.15, 0.2) is 11.4 Å². The molecule has 0 fully saturated rings. The molecule has 2 rings (SSSR count). The van der Waals surface area contributed by atoms with Crippen molar-refractivity contribution in [2.75, 3.05) is 0 Å². The molecule has 28 heavy (non-hydrogen) atoms. The van der Waals surface area contributed by atoms with Crippen molar-refractivity contribution in [3.63, 3.8) is 0 Å². The maximum Gasteiger partial charge on any atom is 0.408 e. The van der Waals surface area contributed by atoms with Gasteiger partial charge in [0.2, 0.25) is 11.8 Å². The normalized spacial score (nSPS) is 13.5. The molecule has 11 heteroatoms. The molecule has 2 aromatic rings. The summed E-state index contributed by atoms with van der Waals surface area (Å²) in [5.41, 5.74) is -0.936. The molecule has 2 aromatic heterocycles. The molecule has 2 amide bonds. The molecule has 11 nitrogen and oxygen atoms in total. The van der Waals surface area contributed by atoms with Crippen LogP contribution in [-0.4, -0.2) is 38.6 Å². The number of oxazole rings is 2. The van der Waals surface area contributed by atoms with Gasteiger partial charge in [0.05, 0.1) is 0 Å². The van der Waals surface area contributed by atoms with Crippen LogP contribution in [0.15, 0.2) is 21.4 Å². The second kappa shape index (κ2) is 8.11. The number of aromatic carboxylic acids is 1. The molecule has 3 N–H and O–H groups in total. The zero-order valence-corrected chi connectivity index (χ0v) is 16.1. The molecule has 0 aliphatic carbocycles. The zero-order valence-electron chi connectivity index (χ0n) is 16.1. The fourth-order valence-corrected chi connectivity index (χ4v) is 2.05. The van der Waals surface area contributed by atoms with Crippen LogP contribution in [0.5, 0.6) is 0 Å². The van der Waals surface area contributed by atoms with Crippen LogP contribution in [0.2, 0.25) is 0 Å². The van der Waals surface area contributed by atoms with Gasteiger partial charge in [-0.05, 0) is 34.6 Å². The summed E-state index contributed by atoms with van der Waals surface area (Å²) in [7, 11) is 0. The predicted molar refractivity (Wildman–Crippen MR) is 93.6 cm³/mol. The first kappa shape index (κ1) is 20.9. The minimum Gasteiger partial charge on any atom is -0.476 e. The molecule has 0 aromatic carbocycles. The quantitative estimate of drug-likeness (QED) is 0.669. The smallest absolute Gasteiger partial charge is 0.408 e. The number of carbonyl (C=O) groups excluding carboxylic acids is 2. The molecule has 2 atom stereocenters. The second-order valence-electron chi connectivity index (χ2n) is 7.01. The maximum atomic E-state index is 12.3. The average Bonchev–Trinajstić information content (AvgIpc) is 3.22. The summed E-state index contributed by atoms with van der Waals surface area (Å²) in [5.74, 6) is -1.66. The summed E-state index contributed by atoms with van der Waals surface area (Å²) in [5, 5.41) is 14.0. The molecule has 0 aliphatic rings. The van der Waals surface area contributed by atoms with Crippen LogP contribution in [0, 0.1) is 0 Å². The van der Waals surface area contributed by atoms with Gasteiger partial charge in [0.1, 0.15) is 30.2 Å². The maximum absolute atomic E-state index is 12.3. The van der Waals surface area contributed by atoms with Crippen molar-refractivity contribution >= 4 is 18.0 Å². The Morgan fingerprint density at radius 2 is 1.50 bits per heavy atom. The number of ether oxygens (including phenoxy) is 1. The molecule has 0 aliphatic heterocycles. The van der Waals surface area contributed by atoms with E-state index in [1.165, 1.54) is 0 Å². The topological polar surface area (TPSA) is 157 Å². The third kappa shape index (κ3) is 5.56. The number of nitrogens with one attached hydrogen (secondary N) is 2. The fourth-order valence-electron chi connectivity index (χ4n) is 2.05. The van der Waals surface area contributed by atoms with Crippen LogP contribution in [-0.2, 0) is 4.74 Å². The number of carboxylic acid groups (broad SMARTS) is 1. The molecule has 0 saturated carbocycles. The summed E-state index contributed by atoms with van der Waals surface area (Å²) >= 11 is 0. The van der Waals surface area contributed by atoms with Crippen molar-refractivity contribution in [1.29, 1.82) is 0 Å². The van der Waals surface area contributed by atoms with E-state index in [1.807, 2.05) is 0 Å². The van der Waals surface area contributed by atoms with E-state index >= 15 is 0 Å². The highest BCUT2D eigenvalue weighted by Crippen LogP contribution is 2.16. The Kier molecular flexibility index (Phi) is 6.06. The average molecular weight is 394 g/mol. The van der Waals surface area contributed by atoms with Crippen LogP contribution in [0.1, 0.15) is 79.5 Å². The van der Waals surface area contributed by atoms with Crippen molar-refractivity contribution in [2.45, 2.75) is 52.3 Å². The van der Waals surface area contributed by atoms with Crippen molar-refractivity contribution in [2.24, 2.45) is 0 Å². The molecule has 0 spiro atoms. The number of rotatable bonds is 6. The van der Waals surface area contributed by atoms with Gasteiger partial charge in [-0.15, -0.1) is 0 Å². The van der Waals surface area contributed by atoms with Crippen LogP contribution >= 0.6 is 0 Å². The number of hydrogen-bond acceptors (Lipinski definition) is 8. The van der Waals surface area contributed by atoms with Gasteiger partial charge in [-0.2, -0.15) is 0 Å². The summed E-state index contributed by atoms with van der Waals surface area (Å²) in [4.78, 5) is 42.7. The Hall–Kier alpha value is -3.37. The second-order valence-corrected chi connectivity index (χ2v) is 7.01. The Morgan fingerprint density at radius 3 is 2.00 bits per heavy atom. The Morgan fingerprint density at radius 1 is 1.00 bits per heavy atom. The minimum absolute atomic E-state index is 0.0234. The Labute approximate surface area is 160 Å². The summed E-state index contributed by atoms with van der Waals surface area (Å²) in [6.07, 6.45) is 1.48. The highest BCUT2D eigenvalue weighted by atomic mass is 16.6. The lowest BCUT2D eigenvalue weighted by Crippen LogP contribution is -2.34. The molecule has 2 unspecified atom stereocenters. The lowest BCUT2D eigenvalue weighted by Gasteiger charge is -2.20. The summed E-state index contributed by atoms with van der Waals surface area (Å²) in [6, 6.07) is -1.32. The van der Waals surface area contributed by atoms with E-state index in [0.29, 0.717) is 0 Å². The molecule has 0 radical (unpaired) electrons. The van der Waals surface area contributed by atoms with Gasteiger partial charge in [-0.25, -0.2) is 19.6 Å². The molecule has 0 saturated heterocycles. The van der Waals surface area contributed by atoms with Crippen LogP contribution in [0.25, 0.3) is 0 Å². The van der Waals surface area contributed by atoms with Gasteiger partial charge in [-0.1, -0.05) is 0 Å². The van der Waals surface area contributed by atoms with E-state index in [9.17, 15) is 14.4 Å². The predicted octanol–water partition coefficient (Wildman–Crippen LogP) is 2.44. The molecular weight excluding hydrogens is 372 g/mol.